The molecule has 0 aromatic carbocycles. The number of hydrogen-bond donors (Lipinski definition) is 3. The van der Waals surface area contributed by atoms with Crippen molar-refractivity contribution >= 4 is 0 Å². The van der Waals surface area contributed by atoms with Crippen LogP contribution in [0.1, 0.15) is 19.8 Å². The molecule has 1 fully saturated rings. The molecular weight excluding hydrogens is 180 g/mol. The predicted octanol–water partition coefficient (Wildman–Crippen LogP) is -0.586. The summed E-state index contributed by atoms with van der Waals surface area (Å²) < 4.78 is 0. The van der Waals surface area contributed by atoms with Gasteiger partial charge in [-0.25, -0.2) is 0 Å². The van der Waals surface area contributed by atoms with Gasteiger partial charge in [0.2, 0.25) is 0 Å². The first-order valence-electron chi connectivity index (χ1n) is 5.47. The van der Waals surface area contributed by atoms with Crippen LogP contribution in [0.4, 0.5) is 0 Å². The SMILES string of the molecule is CC(O)CNCC(O)CN1CCCC1. The lowest BCUT2D eigenvalue weighted by Crippen LogP contribution is -2.38. The van der Waals surface area contributed by atoms with Crippen LogP contribution in [0.5, 0.6) is 0 Å². The van der Waals surface area contributed by atoms with Crippen LogP contribution in [-0.2, 0) is 0 Å². The number of likely N-dealkylation sites (tertiary alicyclic amines) is 1. The molecule has 0 amide bonds. The maximum absolute atomic E-state index is 9.64. The molecule has 14 heavy (non-hydrogen) atoms. The van der Waals surface area contributed by atoms with Crippen molar-refractivity contribution in [3.8, 4) is 0 Å². The van der Waals surface area contributed by atoms with E-state index in [-0.39, 0.29) is 12.2 Å². The van der Waals surface area contributed by atoms with Crippen molar-refractivity contribution in [1.82, 2.24) is 10.2 Å². The second-order valence-corrected chi connectivity index (χ2v) is 4.17. The van der Waals surface area contributed by atoms with Crippen LogP contribution in [0.15, 0.2) is 0 Å². The molecule has 1 saturated heterocycles. The number of nitrogens with zero attached hydrogens (tertiary/aromatic N) is 1. The molecule has 1 aliphatic rings. The molecule has 0 radical (unpaired) electrons. The van der Waals surface area contributed by atoms with E-state index in [0.29, 0.717) is 13.1 Å². The third-order valence-corrected chi connectivity index (χ3v) is 2.49. The van der Waals surface area contributed by atoms with E-state index in [9.17, 15) is 5.11 Å². The van der Waals surface area contributed by atoms with E-state index in [0.717, 1.165) is 19.6 Å². The van der Waals surface area contributed by atoms with Gasteiger partial charge in [-0.2, -0.15) is 0 Å². The third kappa shape index (κ3) is 4.91. The summed E-state index contributed by atoms with van der Waals surface area (Å²) in [4.78, 5) is 2.29. The zero-order chi connectivity index (χ0) is 10.4. The molecule has 0 spiro atoms. The van der Waals surface area contributed by atoms with Crippen LogP contribution in [0.25, 0.3) is 0 Å². The molecule has 4 nitrogen and oxygen atoms in total. The van der Waals surface area contributed by atoms with E-state index in [1.54, 1.807) is 6.92 Å². The predicted molar refractivity (Wildman–Crippen MR) is 56.2 cm³/mol. The highest BCUT2D eigenvalue weighted by molar-refractivity contribution is 4.71. The molecule has 0 aliphatic carbocycles. The summed E-state index contributed by atoms with van der Waals surface area (Å²) in [5.41, 5.74) is 0. The maximum Gasteiger partial charge on any atom is 0.0791 e. The van der Waals surface area contributed by atoms with Crippen molar-refractivity contribution in [2.24, 2.45) is 0 Å². The molecule has 2 unspecified atom stereocenters. The normalized spacial score (nSPS) is 22.5. The summed E-state index contributed by atoms with van der Waals surface area (Å²) in [5, 5.41) is 21.7. The molecule has 1 rings (SSSR count). The molecule has 0 aromatic rings. The van der Waals surface area contributed by atoms with Crippen molar-refractivity contribution < 1.29 is 10.2 Å². The monoisotopic (exact) mass is 202 g/mol. The summed E-state index contributed by atoms with van der Waals surface area (Å²) in [7, 11) is 0. The Kier molecular flexibility index (Phi) is 5.40. The van der Waals surface area contributed by atoms with Crippen LogP contribution in [0.3, 0.4) is 0 Å². The minimum atomic E-state index is -0.339. The van der Waals surface area contributed by atoms with E-state index in [1.165, 1.54) is 12.8 Å². The van der Waals surface area contributed by atoms with E-state index in [2.05, 4.69) is 10.2 Å². The van der Waals surface area contributed by atoms with Gasteiger partial charge in [0.1, 0.15) is 0 Å². The molecule has 4 heteroatoms. The Morgan fingerprint density at radius 2 is 1.86 bits per heavy atom. The first-order chi connectivity index (χ1) is 6.68. The van der Waals surface area contributed by atoms with Crippen molar-refractivity contribution in [3.63, 3.8) is 0 Å². The number of aliphatic hydroxyl groups is 2. The first kappa shape index (κ1) is 11.9. The molecule has 1 heterocycles. The fourth-order valence-corrected chi connectivity index (χ4v) is 1.79. The summed E-state index contributed by atoms with van der Waals surface area (Å²) in [6.45, 7) is 5.85. The van der Waals surface area contributed by atoms with Crippen LogP contribution in [0.2, 0.25) is 0 Å². The summed E-state index contributed by atoms with van der Waals surface area (Å²) in [5.74, 6) is 0. The Labute approximate surface area is 85.9 Å². The minimum absolute atomic E-state index is 0.313. The Morgan fingerprint density at radius 3 is 2.43 bits per heavy atom. The molecule has 3 N–H and O–H groups in total. The van der Waals surface area contributed by atoms with Gasteiger partial charge in [-0.15, -0.1) is 0 Å². The largest absolute Gasteiger partial charge is 0.392 e. The lowest BCUT2D eigenvalue weighted by atomic mass is 10.3. The van der Waals surface area contributed by atoms with Crippen molar-refractivity contribution in [3.05, 3.63) is 0 Å². The fraction of sp³-hybridized carbons (Fsp3) is 1.00. The van der Waals surface area contributed by atoms with Gasteiger partial charge < -0.3 is 20.4 Å². The number of aliphatic hydroxyl groups excluding tert-OH is 2. The van der Waals surface area contributed by atoms with Crippen molar-refractivity contribution in [2.75, 3.05) is 32.7 Å². The van der Waals surface area contributed by atoms with Gasteiger partial charge in [0, 0.05) is 19.6 Å². The summed E-state index contributed by atoms with van der Waals surface area (Å²) in [6.07, 6.45) is 1.86. The first-order valence-corrected chi connectivity index (χ1v) is 5.47. The van der Waals surface area contributed by atoms with Crippen LogP contribution in [-0.4, -0.2) is 60.0 Å². The number of nitrogens with one attached hydrogen (secondary N) is 1. The van der Waals surface area contributed by atoms with E-state index >= 15 is 0 Å². The zero-order valence-corrected chi connectivity index (χ0v) is 8.95. The highest BCUT2D eigenvalue weighted by Gasteiger charge is 2.15. The molecule has 84 valence electrons. The number of rotatable bonds is 6. The fourth-order valence-electron chi connectivity index (χ4n) is 1.79. The highest BCUT2D eigenvalue weighted by atomic mass is 16.3. The Balaban J connectivity index is 2.00. The molecule has 0 saturated carbocycles. The molecule has 1 aliphatic heterocycles. The lowest BCUT2D eigenvalue weighted by molar-refractivity contribution is 0.117. The van der Waals surface area contributed by atoms with Crippen molar-refractivity contribution in [2.45, 2.75) is 32.0 Å². The van der Waals surface area contributed by atoms with E-state index in [4.69, 9.17) is 5.11 Å². The molecule has 0 aromatic heterocycles. The number of hydrogen-bond acceptors (Lipinski definition) is 4. The van der Waals surface area contributed by atoms with Crippen molar-refractivity contribution in [1.29, 1.82) is 0 Å². The quantitative estimate of drug-likeness (QED) is 0.539. The average molecular weight is 202 g/mol. The van der Waals surface area contributed by atoms with Crippen LogP contribution < -0.4 is 5.32 Å². The van der Waals surface area contributed by atoms with E-state index in [1.807, 2.05) is 0 Å². The zero-order valence-electron chi connectivity index (χ0n) is 8.95. The van der Waals surface area contributed by atoms with Gasteiger partial charge >= 0.3 is 0 Å². The minimum Gasteiger partial charge on any atom is -0.392 e. The van der Waals surface area contributed by atoms with Gasteiger partial charge in [-0.05, 0) is 32.9 Å². The van der Waals surface area contributed by atoms with E-state index < -0.39 is 0 Å². The third-order valence-electron chi connectivity index (χ3n) is 2.49. The molecule has 2 atom stereocenters. The Hall–Kier alpha value is -0.160. The van der Waals surface area contributed by atoms with Gasteiger partial charge in [-0.1, -0.05) is 0 Å². The van der Waals surface area contributed by atoms with Gasteiger partial charge in [0.05, 0.1) is 12.2 Å². The van der Waals surface area contributed by atoms with Gasteiger partial charge in [-0.3, -0.25) is 0 Å². The van der Waals surface area contributed by atoms with Gasteiger partial charge in [0.15, 0.2) is 0 Å². The van der Waals surface area contributed by atoms with Crippen LogP contribution in [0, 0.1) is 0 Å². The Morgan fingerprint density at radius 1 is 1.21 bits per heavy atom. The second-order valence-electron chi connectivity index (χ2n) is 4.17. The maximum atomic E-state index is 9.64. The molecule has 0 bridgehead atoms. The highest BCUT2D eigenvalue weighted by Crippen LogP contribution is 2.07. The lowest BCUT2D eigenvalue weighted by Gasteiger charge is -2.19. The number of β-amino-alcohol motifs (C(OH)–C–C–N with tert-alkyl or cyclic N) is 1. The standard InChI is InChI=1S/C10H22N2O2/c1-9(13)6-11-7-10(14)8-12-4-2-3-5-12/h9-11,13-14H,2-8H2,1H3. The topological polar surface area (TPSA) is 55.7 Å². The smallest absolute Gasteiger partial charge is 0.0791 e. The summed E-state index contributed by atoms with van der Waals surface area (Å²) in [6, 6.07) is 0. The summed E-state index contributed by atoms with van der Waals surface area (Å²) >= 11 is 0. The van der Waals surface area contributed by atoms with Gasteiger partial charge in [0.25, 0.3) is 0 Å². The molecular formula is C10H22N2O2. The second kappa shape index (κ2) is 6.35. The average Bonchev–Trinajstić information content (AvgIpc) is 2.56. The van der Waals surface area contributed by atoms with Crippen LogP contribution >= 0.6 is 0 Å². The Bertz CT molecular complexity index is 147.